The van der Waals surface area contributed by atoms with Crippen molar-refractivity contribution in [1.82, 2.24) is 30.0 Å². The lowest BCUT2D eigenvalue weighted by molar-refractivity contribution is 0.886. The average molecular weight is 375 g/mol. The number of benzene rings is 1. The maximum Gasteiger partial charge on any atom is 0.235 e. The lowest BCUT2D eigenvalue weighted by atomic mass is 10.1. The fourth-order valence-corrected chi connectivity index (χ4v) is 4.78. The molecule has 0 saturated heterocycles. The van der Waals surface area contributed by atoms with Crippen LogP contribution in [0.25, 0.3) is 15.5 Å². The number of hydrogen-bond donors (Lipinski definition) is 0. The fraction of sp³-hybridized carbons (Fsp3) is 0.267. The Morgan fingerprint density at radius 3 is 2.62 bits per heavy atom. The van der Waals surface area contributed by atoms with Crippen molar-refractivity contribution >= 4 is 39.4 Å². The Bertz CT molecular complexity index is 1020. The van der Waals surface area contributed by atoms with E-state index in [0.29, 0.717) is 5.75 Å². The minimum atomic E-state index is 0.673. The topological polar surface area (TPSA) is 68.9 Å². The average Bonchev–Trinajstić information content (AvgIpc) is 3.24. The Hall–Kier alpha value is -1.84. The molecule has 3 aromatic heterocycles. The van der Waals surface area contributed by atoms with E-state index in [1.165, 1.54) is 11.1 Å². The summed E-state index contributed by atoms with van der Waals surface area (Å²) >= 11 is 4.75. The number of aryl methyl sites for hydroxylation is 3. The van der Waals surface area contributed by atoms with E-state index in [0.717, 1.165) is 30.7 Å². The molecule has 0 bridgehead atoms. The van der Waals surface area contributed by atoms with Gasteiger partial charge in [-0.05, 0) is 38.0 Å². The third-order valence-corrected chi connectivity index (χ3v) is 6.56. The van der Waals surface area contributed by atoms with Crippen LogP contribution in [-0.4, -0.2) is 30.0 Å². The van der Waals surface area contributed by atoms with Gasteiger partial charge in [-0.15, -0.1) is 20.4 Å². The maximum absolute atomic E-state index is 4.70. The fourth-order valence-electron chi connectivity index (χ4n) is 2.20. The summed E-state index contributed by atoms with van der Waals surface area (Å²) in [6.45, 7) is 6.18. The van der Waals surface area contributed by atoms with Gasteiger partial charge in [-0.1, -0.05) is 46.6 Å². The summed E-state index contributed by atoms with van der Waals surface area (Å²) in [6, 6.07) is 6.40. The summed E-state index contributed by atoms with van der Waals surface area (Å²) in [5, 5.41) is 23.3. The van der Waals surface area contributed by atoms with Crippen molar-refractivity contribution in [2.75, 3.05) is 0 Å². The lowest BCUT2D eigenvalue weighted by Gasteiger charge is -2.01. The Morgan fingerprint density at radius 2 is 1.88 bits per heavy atom. The normalized spacial score (nSPS) is 11.5. The second kappa shape index (κ2) is 6.23. The van der Waals surface area contributed by atoms with Gasteiger partial charge in [0.1, 0.15) is 10.0 Å². The summed E-state index contributed by atoms with van der Waals surface area (Å²) in [5.41, 5.74) is 3.67. The molecule has 0 aliphatic rings. The van der Waals surface area contributed by atoms with Gasteiger partial charge in [0.15, 0.2) is 10.2 Å². The van der Waals surface area contributed by atoms with Crippen molar-refractivity contribution in [3.63, 3.8) is 0 Å². The van der Waals surface area contributed by atoms with E-state index in [1.54, 1.807) is 34.4 Å². The molecule has 6 nitrogen and oxygen atoms in total. The van der Waals surface area contributed by atoms with Gasteiger partial charge in [-0.3, -0.25) is 0 Å². The number of thioether (sulfide) groups is 1. The zero-order valence-corrected chi connectivity index (χ0v) is 15.8. The monoisotopic (exact) mass is 374 g/mol. The van der Waals surface area contributed by atoms with E-state index >= 15 is 0 Å². The van der Waals surface area contributed by atoms with Crippen molar-refractivity contribution in [3.05, 3.63) is 40.2 Å². The van der Waals surface area contributed by atoms with Crippen molar-refractivity contribution in [2.24, 2.45) is 0 Å². The van der Waals surface area contributed by atoms with Gasteiger partial charge in [-0.2, -0.15) is 9.61 Å². The largest absolute Gasteiger partial charge is 0.235 e. The number of hydrogen-bond acceptors (Lipinski definition) is 8. The molecule has 0 amide bonds. The summed E-state index contributed by atoms with van der Waals surface area (Å²) < 4.78 is 2.77. The van der Waals surface area contributed by atoms with Crippen LogP contribution in [0.3, 0.4) is 0 Å². The van der Waals surface area contributed by atoms with E-state index in [2.05, 4.69) is 52.4 Å². The van der Waals surface area contributed by atoms with E-state index < -0.39 is 0 Å². The lowest BCUT2D eigenvalue weighted by Crippen LogP contribution is -1.94. The van der Waals surface area contributed by atoms with Gasteiger partial charge in [0.05, 0.1) is 5.75 Å². The predicted octanol–water partition coefficient (Wildman–Crippen LogP) is 3.92. The molecular weight excluding hydrogens is 360 g/mol. The minimum Gasteiger partial charge on any atom is -0.186 e. The molecule has 122 valence electrons. The summed E-state index contributed by atoms with van der Waals surface area (Å²) in [4.78, 5) is 0.812. The second-order valence-electron chi connectivity index (χ2n) is 5.39. The first-order valence-electron chi connectivity index (χ1n) is 7.32. The number of nitrogens with zero attached hydrogens (tertiary/aromatic N) is 6. The van der Waals surface area contributed by atoms with Gasteiger partial charge in [0.25, 0.3) is 0 Å². The van der Waals surface area contributed by atoms with E-state index in [9.17, 15) is 0 Å². The Morgan fingerprint density at radius 1 is 1.00 bits per heavy atom. The van der Waals surface area contributed by atoms with Crippen LogP contribution >= 0.6 is 34.4 Å². The van der Waals surface area contributed by atoms with Crippen molar-refractivity contribution in [2.45, 2.75) is 30.9 Å². The zero-order valence-electron chi connectivity index (χ0n) is 13.3. The number of rotatable bonds is 4. The Kier molecular flexibility index (Phi) is 4.07. The quantitative estimate of drug-likeness (QED) is 0.504. The molecule has 4 aromatic rings. The third-order valence-electron chi connectivity index (χ3n) is 3.64. The molecule has 3 heterocycles. The smallest absolute Gasteiger partial charge is 0.186 e. The molecule has 9 heteroatoms. The van der Waals surface area contributed by atoms with Gasteiger partial charge >= 0.3 is 0 Å². The van der Waals surface area contributed by atoms with Gasteiger partial charge in [-0.25, -0.2) is 0 Å². The first kappa shape index (κ1) is 15.7. The maximum atomic E-state index is 4.70. The molecule has 0 N–H and O–H groups in total. The van der Waals surface area contributed by atoms with Crippen LogP contribution in [-0.2, 0) is 5.75 Å². The van der Waals surface area contributed by atoms with E-state index in [4.69, 9.17) is 5.10 Å². The molecule has 0 saturated carbocycles. The van der Waals surface area contributed by atoms with Crippen LogP contribution in [0.4, 0.5) is 0 Å². The predicted molar refractivity (Wildman–Crippen MR) is 97.8 cm³/mol. The summed E-state index contributed by atoms with van der Waals surface area (Å²) in [7, 11) is 0. The third kappa shape index (κ3) is 2.94. The Balaban J connectivity index is 1.61. The van der Waals surface area contributed by atoms with Gasteiger partial charge in [0, 0.05) is 5.56 Å². The first-order chi connectivity index (χ1) is 11.6. The SMILES string of the molecule is Cc1nnc(SCc2nnc3sc(-c4ccc(C)c(C)c4)nn23)s1. The first-order valence-corrected chi connectivity index (χ1v) is 9.93. The molecule has 0 aliphatic heterocycles. The van der Waals surface area contributed by atoms with Crippen LogP contribution in [0.5, 0.6) is 0 Å². The molecular formula is C15H14N6S3. The molecule has 0 unspecified atom stereocenters. The highest BCUT2D eigenvalue weighted by atomic mass is 32.2. The summed E-state index contributed by atoms with van der Waals surface area (Å²) in [5.74, 6) is 1.50. The minimum absolute atomic E-state index is 0.673. The van der Waals surface area contributed by atoms with E-state index in [1.807, 2.05) is 11.4 Å². The van der Waals surface area contributed by atoms with Crippen LogP contribution in [0.1, 0.15) is 22.0 Å². The molecule has 1 aromatic carbocycles. The number of aromatic nitrogens is 6. The molecule has 0 spiro atoms. The standard InChI is InChI=1S/C15H14N6S3/c1-8-4-5-11(6-9(8)2)13-20-21-12(17-18-14(21)24-13)7-22-15-19-16-10(3)23-15/h4-6H,7H2,1-3H3. The van der Waals surface area contributed by atoms with Crippen molar-refractivity contribution < 1.29 is 0 Å². The molecule has 0 atom stereocenters. The number of fused-ring (bicyclic) bond motifs is 1. The molecule has 0 radical (unpaired) electrons. The highest BCUT2D eigenvalue weighted by molar-refractivity contribution is 8.00. The summed E-state index contributed by atoms with van der Waals surface area (Å²) in [6.07, 6.45) is 0. The van der Waals surface area contributed by atoms with Crippen molar-refractivity contribution in [1.29, 1.82) is 0 Å². The zero-order chi connectivity index (χ0) is 16.7. The van der Waals surface area contributed by atoms with Crippen molar-refractivity contribution in [3.8, 4) is 10.6 Å². The molecule has 24 heavy (non-hydrogen) atoms. The Labute approximate surface area is 151 Å². The molecule has 0 fully saturated rings. The van der Waals surface area contributed by atoms with E-state index in [-0.39, 0.29) is 0 Å². The van der Waals surface area contributed by atoms with Gasteiger partial charge < -0.3 is 0 Å². The van der Waals surface area contributed by atoms with Gasteiger partial charge in [0.2, 0.25) is 4.96 Å². The second-order valence-corrected chi connectivity index (χ2v) is 8.75. The molecule has 0 aliphatic carbocycles. The van der Waals surface area contributed by atoms with Crippen LogP contribution in [0, 0.1) is 20.8 Å². The van der Waals surface area contributed by atoms with Crippen LogP contribution < -0.4 is 0 Å². The van der Waals surface area contributed by atoms with Crippen LogP contribution in [0.15, 0.2) is 22.5 Å². The molecule has 4 rings (SSSR count). The highest BCUT2D eigenvalue weighted by Gasteiger charge is 2.14. The highest BCUT2D eigenvalue weighted by Crippen LogP contribution is 2.29. The van der Waals surface area contributed by atoms with Crippen LogP contribution in [0.2, 0.25) is 0 Å².